The molecule has 0 aliphatic heterocycles. The van der Waals surface area contributed by atoms with Gasteiger partial charge in [-0.25, -0.2) is 14.4 Å². The van der Waals surface area contributed by atoms with Crippen LogP contribution in [0.15, 0.2) is 42.5 Å². The number of nitriles is 1. The highest BCUT2D eigenvalue weighted by molar-refractivity contribution is 9.09. The van der Waals surface area contributed by atoms with E-state index in [4.69, 9.17) is 16.9 Å². The van der Waals surface area contributed by atoms with E-state index in [1.54, 1.807) is 31.2 Å². The van der Waals surface area contributed by atoms with Crippen molar-refractivity contribution in [1.82, 2.24) is 10.0 Å². The summed E-state index contributed by atoms with van der Waals surface area (Å²) in [4.78, 5) is 26.8. The molecule has 2 rings (SSSR count). The summed E-state index contributed by atoms with van der Waals surface area (Å²) < 4.78 is 13.2. The van der Waals surface area contributed by atoms with Crippen LogP contribution in [0.3, 0.4) is 0 Å². The average Bonchev–Trinajstić information content (AvgIpc) is 2.76. The maximum atomic E-state index is 14.0. The summed E-state index contributed by atoms with van der Waals surface area (Å²) in [5, 5.41) is 11.7. The fourth-order valence-corrected chi connectivity index (χ4v) is 3.66. The number of hydrogen-bond acceptors (Lipinski definition) is 3. The van der Waals surface area contributed by atoms with E-state index in [0.29, 0.717) is 12.0 Å². The minimum Gasteiger partial charge on any atom is -0.267 e. The van der Waals surface area contributed by atoms with Crippen molar-refractivity contribution in [2.75, 3.05) is 6.54 Å². The summed E-state index contributed by atoms with van der Waals surface area (Å²) in [6, 6.07) is 12.6. The first kappa shape index (κ1) is 24.8. The third-order valence-corrected chi connectivity index (χ3v) is 5.67. The summed E-state index contributed by atoms with van der Waals surface area (Å²) in [6.45, 7) is 5.79. The lowest BCUT2D eigenvalue weighted by Crippen LogP contribution is -2.53. The first-order valence-corrected chi connectivity index (χ1v) is 11.3. The maximum absolute atomic E-state index is 14.0. The number of carbonyl (C=O) groups is 2. The average molecular weight is 509 g/mol. The Morgan fingerprint density at radius 1 is 1.16 bits per heavy atom. The first-order valence-electron chi connectivity index (χ1n) is 9.93. The Hall–Kier alpha value is -2.43. The Morgan fingerprint density at radius 2 is 1.84 bits per heavy atom. The molecule has 0 saturated heterocycles. The molecule has 0 aliphatic rings. The lowest BCUT2D eigenvalue weighted by atomic mass is 10.1. The zero-order valence-electron chi connectivity index (χ0n) is 17.6. The van der Waals surface area contributed by atoms with Gasteiger partial charge in [0.1, 0.15) is 10.1 Å². The van der Waals surface area contributed by atoms with Crippen LogP contribution in [-0.4, -0.2) is 34.4 Å². The van der Waals surface area contributed by atoms with Crippen LogP contribution in [-0.2, 0) is 6.42 Å². The van der Waals surface area contributed by atoms with Gasteiger partial charge in [-0.15, -0.1) is 11.6 Å². The van der Waals surface area contributed by atoms with Gasteiger partial charge >= 0.3 is 0 Å². The van der Waals surface area contributed by atoms with Crippen LogP contribution < -0.4 is 0 Å². The summed E-state index contributed by atoms with van der Waals surface area (Å²) in [5.41, 5.74) is 1.48. The molecule has 0 radical (unpaired) electrons. The van der Waals surface area contributed by atoms with Crippen molar-refractivity contribution in [1.29, 1.82) is 5.26 Å². The number of alkyl halides is 2. The summed E-state index contributed by atoms with van der Waals surface area (Å²) in [6.07, 6.45) is 0.804. The second-order valence-corrected chi connectivity index (χ2v) is 8.88. The highest BCUT2D eigenvalue weighted by atomic mass is 79.9. The molecular formula is C23H24BrClFN3O2. The van der Waals surface area contributed by atoms with Crippen LogP contribution >= 0.6 is 27.5 Å². The van der Waals surface area contributed by atoms with Gasteiger partial charge in [-0.05, 0) is 56.2 Å². The number of hydrogen-bond donors (Lipinski definition) is 0. The Balaban J connectivity index is 2.47. The van der Waals surface area contributed by atoms with Gasteiger partial charge in [0.05, 0.1) is 18.5 Å². The quantitative estimate of drug-likeness (QED) is 0.348. The molecule has 0 aromatic heterocycles. The molecule has 8 heteroatoms. The van der Waals surface area contributed by atoms with E-state index in [9.17, 15) is 14.0 Å². The number of halogens is 3. The standard InChI is InChI=1S/C23H24BrClFN3O2/c1-4-15(3)29(23(31)17-8-6-7-16(13-17)11-12-27)28(5-2)22(30)18-9-10-20(26)19(14-18)21(24)25/h6-10,13-15,21H,4-5,11H2,1-3H3. The smallest absolute Gasteiger partial charge is 0.267 e. The predicted octanol–water partition coefficient (Wildman–Crippen LogP) is 5.84. The third-order valence-electron chi connectivity index (χ3n) is 4.95. The van der Waals surface area contributed by atoms with Crippen LogP contribution in [0.25, 0.3) is 0 Å². The van der Waals surface area contributed by atoms with Gasteiger partial charge in [0, 0.05) is 23.2 Å². The van der Waals surface area contributed by atoms with Crippen molar-refractivity contribution in [3.8, 4) is 6.07 Å². The van der Waals surface area contributed by atoms with E-state index >= 15 is 0 Å². The molecule has 0 N–H and O–H groups in total. The third kappa shape index (κ3) is 5.84. The van der Waals surface area contributed by atoms with Crippen molar-refractivity contribution in [2.24, 2.45) is 0 Å². The second-order valence-electron chi connectivity index (χ2n) is 7.00. The Bertz CT molecular complexity index is 993. The molecule has 0 aliphatic carbocycles. The molecule has 2 atom stereocenters. The van der Waals surface area contributed by atoms with E-state index in [2.05, 4.69) is 22.0 Å². The monoisotopic (exact) mass is 507 g/mol. The number of nitrogens with zero attached hydrogens (tertiary/aromatic N) is 3. The molecule has 2 unspecified atom stereocenters. The maximum Gasteiger partial charge on any atom is 0.272 e. The van der Waals surface area contributed by atoms with Gasteiger partial charge < -0.3 is 0 Å². The Kier molecular flexibility index (Phi) is 9.02. The van der Waals surface area contributed by atoms with E-state index in [-0.39, 0.29) is 36.0 Å². The minimum absolute atomic E-state index is 0.147. The number of benzene rings is 2. The van der Waals surface area contributed by atoms with E-state index < -0.39 is 16.0 Å². The number of hydrazine groups is 1. The van der Waals surface area contributed by atoms with Gasteiger partial charge in [-0.2, -0.15) is 5.26 Å². The molecule has 2 amide bonds. The highest BCUT2D eigenvalue weighted by Gasteiger charge is 2.30. The molecule has 0 heterocycles. The van der Waals surface area contributed by atoms with Crippen molar-refractivity contribution in [3.05, 3.63) is 70.5 Å². The molecule has 0 bridgehead atoms. The van der Waals surface area contributed by atoms with Crippen LogP contribution in [0.5, 0.6) is 0 Å². The minimum atomic E-state index is -0.787. The number of amides is 2. The molecule has 2 aromatic carbocycles. The van der Waals surface area contributed by atoms with Gasteiger partial charge in [0.15, 0.2) is 0 Å². The number of carbonyl (C=O) groups excluding carboxylic acids is 2. The molecule has 2 aromatic rings. The van der Waals surface area contributed by atoms with Crippen molar-refractivity contribution in [2.45, 2.75) is 43.9 Å². The van der Waals surface area contributed by atoms with Crippen molar-refractivity contribution < 1.29 is 14.0 Å². The zero-order chi connectivity index (χ0) is 23.1. The van der Waals surface area contributed by atoms with Gasteiger partial charge in [0.25, 0.3) is 11.8 Å². The van der Waals surface area contributed by atoms with Gasteiger partial charge in [0.2, 0.25) is 0 Å². The predicted molar refractivity (Wildman–Crippen MR) is 122 cm³/mol. The molecule has 164 valence electrons. The Morgan fingerprint density at radius 3 is 2.42 bits per heavy atom. The fraction of sp³-hybridized carbons (Fsp3) is 0.348. The van der Waals surface area contributed by atoms with E-state index in [0.717, 1.165) is 5.56 Å². The molecule has 5 nitrogen and oxygen atoms in total. The summed E-state index contributed by atoms with van der Waals surface area (Å²) >= 11 is 9.09. The lowest BCUT2D eigenvalue weighted by Gasteiger charge is -2.38. The van der Waals surface area contributed by atoms with Crippen molar-refractivity contribution in [3.63, 3.8) is 0 Å². The van der Waals surface area contributed by atoms with Gasteiger partial charge in [-0.3, -0.25) is 9.59 Å². The van der Waals surface area contributed by atoms with E-state index in [1.165, 1.54) is 28.2 Å². The molecule has 0 fully saturated rings. The zero-order valence-corrected chi connectivity index (χ0v) is 20.0. The van der Waals surface area contributed by atoms with Crippen LogP contribution in [0.2, 0.25) is 0 Å². The molecule has 0 spiro atoms. The van der Waals surface area contributed by atoms with Crippen molar-refractivity contribution >= 4 is 39.3 Å². The van der Waals surface area contributed by atoms with Crippen LogP contribution in [0.4, 0.5) is 4.39 Å². The highest BCUT2D eigenvalue weighted by Crippen LogP contribution is 2.30. The fourth-order valence-electron chi connectivity index (χ4n) is 3.15. The molecule has 31 heavy (non-hydrogen) atoms. The summed E-state index contributed by atoms with van der Waals surface area (Å²) in [5.74, 6) is -1.31. The van der Waals surface area contributed by atoms with Crippen LogP contribution in [0.1, 0.15) is 63.3 Å². The lowest BCUT2D eigenvalue weighted by molar-refractivity contribution is -0.0187. The SMILES string of the molecule is CCC(C)N(C(=O)c1cccc(CC#N)c1)N(CC)C(=O)c1ccc(F)c(C(Cl)Br)c1. The van der Waals surface area contributed by atoms with Gasteiger partial charge in [-0.1, -0.05) is 35.0 Å². The van der Waals surface area contributed by atoms with Crippen LogP contribution in [0, 0.1) is 17.1 Å². The Labute approximate surface area is 195 Å². The second kappa shape index (κ2) is 11.3. The normalized spacial score (nSPS) is 12.5. The van der Waals surface area contributed by atoms with E-state index in [1.807, 2.05) is 13.8 Å². The topological polar surface area (TPSA) is 64.4 Å². The molecular weight excluding hydrogens is 485 g/mol. The largest absolute Gasteiger partial charge is 0.272 e. The molecule has 0 saturated carbocycles. The number of rotatable bonds is 7. The first-order chi connectivity index (χ1) is 14.7. The summed E-state index contributed by atoms with van der Waals surface area (Å²) in [7, 11) is 0.